The number of hydrogen-bond acceptors (Lipinski definition) is 3. The van der Waals surface area contributed by atoms with Crippen LogP contribution < -0.4 is 5.32 Å². The van der Waals surface area contributed by atoms with E-state index in [4.69, 9.17) is 0 Å². The number of nitrogens with one attached hydrogen (secondary N) is 1. The van der Waals surface area contributed by atoms with Gasteiger partial charge in [0.2, 0.25) is 0 Å². The fourth-order valence-electron chi connectivity index (χ4n) is 2.96. The fourth-order valence-corrected chi connectivity index (χ4v) is 5.56. The van der Waals surface area contributed by atoms with Crippen molar-refractivity contribution >= 4 is 25.8 Å². The van der Waals surface area contributed by atoms with Crippen LogP contribution >= 0.6 is 15.9 Å². The summed E-state index contributed by atoms with van der Waals surface area (Å²) in [7, 11) is -3.27. The van der Waals surface area contributed by atoms with Crippen molar-refractivity contribution in [3.05, 3.63) is 28.7 Å². The van der Waals surface area contributed by atoms with E-state index in [1.165, 1.54) is 0 Å². The molecule has 3 nitrogen and oxygen atoms in total. The zero-order chi connectivity index (χ0) is 14.6. The van der Waals surface area contributed by atoms with E-state index in [2.05, 4.69) is 21.2 Å². The van der Waals surface area contributed by atoms with Gasteiger partial charge in [-0.15, -0.1) is 0 Å². The van der Waals surface area contributed by atoms with Crippen molar-refractivity contribution in [3.63, 3.8) is 0 Å². The molecule has 0 bridgehead atoms. The third-order valence-electron chi connectivity index (χ3n) is 3.94. The number of benzene rings is 1. The Bertz CT molecular complexity index is 545. The van der Waals surface area contributed by atoms with Crippen LogP contribution in [-0.4, -0.2) is 26.3 Å². The Kier molecular flexibility index (Phi) is 5.64. The molecule has 112 valence electrons. The molecule has 0 heterocycles. The van der Waals surface area contributed by atoms with Gasteiger partial charge >= 0.3 is 0 Å². The van der Waals surface area contributed by atoms with Gasteiger partial charge in [0.25, 0.3) is 0 Å². The number of sulfone groups is 1. The first-order chi connectivity index (χ1) is 9.55. The first kappa shape index (κ1) is 16.0. The average molecular weight is 360 g/mol. The lowest BCUT2D eigenvalue weighted by Crippen LogP contribution is -2.43. The Morgan fingerprint density at radius 2 is 2.00 bits per heavy atom. The average Bonchev–Trinajstić information content (AvgIpc) is 2.65. The Labute approximate surface area is 130 Å². The second-order valence-corrected chi connectivity index (χ2v) is 8.43. The summed E-state index contributed by atoms with van der Waals surface area (Å²) >= 11 is 3.36. The summed E-state index contributed by atoms with van der Waals surface area (Å²) in [5, 5.41) is 3.07. The van der Waals surface area contributed by atoms with Crippen LogP contribution in [0.3, 0.4) is 0 Å². The summed E-state index contributed by atoms with van der Waals surface area (Å²) in [5.41, 5.74) is 0. The molecule has 0 amide bonds. The van der Waals surface area contributed by atoms with E-state index >= 15 is 0 Å². The SMILES string of the molecule is CCNC1CCCCCC1S(=O)(=O)c1cccc(Br)c1. The van der Waals surface area contributed by atoms with Gasteiger partial charge < -0.3 is 5.32 Å². The quantitative estimate of drug-likeness (QED) is 0.836. The van der Waals surface area contributed by atoms with Crippen LogP contribution in [0.4, 0.5) is 0 Å². The zero-order valence-electron chi connectivity index (χ0n) is 11.8. The normalized spacial score (nSPS) is 24.3. The van der Waals surface area contributed by atoms with Gasteiger partial charge in [0.1, 0.15) is 0 Å². The lowest BCUT2D eigenvalue weighted by Gasteiger charge is -2.26. The summed E-state index contributed by atoms with van der Waals surface area (Å²) in [5.74, 6) is 0. The second-order valence-electron chi connectivity index (χ2n) is 5.34. The highest BCUT2D eigenvalue weighted by Gasteiger charge is 2.35. The Hall–Kier alpha value is -0.390. The highest BCUT2D eigenvalue weighted by Crippen LogP contribution is 2.29. The number of rotatable bonds is 4. The van der Waals surface area contributed by atoms with Gasteiger partial charge in [0.15, 0.2) is 9.84 Å². The summed E-state index contributed by atoms with van der Waals surface area (Å²) in [6.07, 6.45) is 4.95. The lowest BCUT2D eigenvalue weighted by molar-refractivity contribution is 0.460. The van der Waals surface area contributed by atoms with E-state index in [0.717, 1.165) is 43.1 Å². The van der Waals surface area contributed by atoms with Crippen molar-refractivity contribution in [1.82, 2.24) is 5.32 Å². The molecule has 1 fully saturated rings. The van der Waals surface area contributed by atoms with Crippen molar-refractivity contribution in [1.29, 1.82) is 0 Å². The molecule has 2 atom stereocenters. The molecule has 1 aromatic carbocycles. The summed E-state index contributed by atoms with van der Waals surface area (Å²) in [6.45, 7) is 2.85. The zero-order valence-corrected chi connectivity index (χ0v) is 14.2. The molecule has 2 rings (SSSR count). The van der Waals surface area contributed by atoms with Gasteiger partial charge in [-0.05, 0) is 37.6 Å². The van der Waals surface area contributed by atoms with Crippen molar-refractivity contribution in [3.8, 4) is 0 Å². The standard InChI is InChI=1S/C15H22BrNO2S/c1-2-17-14-9-4-3-5-10-15(14)20(18,19)13-8-6-7-12(16)11-13/h6-8,11,14-15,17H,2-5,9-10H2,1H3. The summed E-state index contributed by atoms with van der Waals surface area (Å²) in [6, 6.07) is 7.13. The van der Waals surface area contributed by atoms with Crippen LogP contribution in [0, 0.1) is 0 Å². The molecule has 0 aromatic heterocycles. The van der Waals surface area contributed by atoms with E-state index in [-0.39, 0.29) is 11.3 Å². The molecule has 1 N–H and O–H groups in total. The van der Waals surface area contributed by atoms with Gasteiger partial charge in [-0.1, -0.05) is 48.2 Å². The fraction of sp³-hybridized carbons (Fsp3) is 0.600. The molecule has 1 saturated carbocycles. The molecule has 1 aliphatic carbocycles. The number of hydrogen-bond donors (Lipinski definition) is 1. The molecule has 1 aliphatic rings. The van der Waals surface area contributed by atoms with E-state index in [0.29, 0.717) is 4.90 Å². The summed E-state index contributed by atoms with van der Waals surface area (Å²) in [4.78, 5) is 0.432. The van der Waals surface area contributed by atoms with E-state index < -0.39 is 9.84 Å². The molecule has 5 heteroatoms. The molecule has 0 radical (unpaired) electrons. The van der Waals surface area contributed by atoms with Crippen molar-refractivity contribution in [2.75, 3.05) is 6.54 Å². The maximum Gasteiger partial charge on any atom is 0.182 e. The molecule has 0 saturated heterocycles. The minimum atomic E-state index is -3.27. The third-order valence-corrected chi connectivity index (χ3v) is 6.71. The van der Waals surface area contributed by atoms with Crippen LogP contribution in [0.15, 0.2) is 33.6 Å². The van der Waals surface area contributed by atoms with E-state index in [9.17, 15) is 8.42 Å². The van der Waals surface area contributed by atoms with E-state index in [1.807, 2.05) is 13.0 Å². The van der Waals surface area contributed by atoms with Gasteiger partial charge in [-0.3, -0.25) is 0 Å². The van der Waals surface area contributed by atoms with Gasteiger partial charge in [0, 0.05) is 10.5 Å². The molecular formula is C15H22BrNO2S. The van der Waals surface area contributed by atoms with Crippen molar-refractivity contribution in [2.24, 2.45) is 0 Å². The highest BCUT2D eigenvalue weighted by molar-refractivity contribution is 9.10. The Balaban J connectivity index is 2.34. The molecule has 0 aliphatic heterocycles. The van der Waals surface area contributed by atoms with Gasteiger partial charge in [-0.25, -0.2) is 8.42 Å². The van der Waals surface area contributed by atoms with Crippen LogP contribution in [0.25, 0.3) is 0 Å². The maximum absolute atomic E-state index is 12.9. The van der Waals surface area contributed by atoms with Gasteiger partial charge in [-0.2, -0.15) is 0 Å². The third kappa shape index (κ3) is 3.62. The van der Waals surface area contributed by atoms with Crippen LogP contribution in [-0.2, 0) is 9.84 Å². The maximum atomic E-state index is 12.9. The first-order valence-corrected chi connectivity index (χ1v) is 9.62. The van der Waals surface area contributed by atoms with Crippen LogP contribution in [0.5, 0.6) is 0 Å². The molecular weight excluding hydrogens is 338 g/mol. The predicted molar refractivity (Wildman–Crippen MR) is 85.7 cm³/mol. The molecule has 2 unspecified atom stereocenters. The smallest absolute Gasteiger partial charge is 0.182 e. The summed E-state index contributed by atoms with van der Waals surface area (Å²) < 4.78 is 26.6. The van der Waals surface area contributed by atoms with E-state index in [1.54, 1.807) is 18.2 Å². The first-order valence-electron chi connectivity index (χ1n) is 7.28. The van der Waals surface area contributed by atoms with Crippen LogP contribution in [0.1, 0.15) is 39.0 Å². The number of halogens is 1. The second kappa shape index (κ2) is 7.05. The topological polar surface area (TPSA) is 46.2 Å². The molecule has 1 aromatic rings. The Morgan fingerprint density at radius 1 is 1.25 bits per heavy atom. The minimum Gasteiger partial charge on any atom is -0.313 e. The lowest BCUT2D eigenvalue weighted by atomic mass is 10.1. The van der Waals surface area contributed by atoms with Gasteiger partial charge in [0.05, 0.1) is 10.1 Å². The largest absolute Gasteiger partial charge is 0.313 e. The highest BCUT2D eigenvalue weighted by atomic mass is 79.9. The minimum absolute atomic E-state index is 0.0754. The predicted octanol–water partition coefficient (Wildman–Crippen LogP) is 3.53. The van der Waals surface area contributed by atoms with Crippen molar-refractivity contribution in [2.45, 2.75) is 55.2 Å². The monoisotopic (exact) mass is 359 g/mol. The van der Waals surface area contributed by atoms with Crippen molar-refractivity contribution < 1.29 is 8.42 Å². The van der Waals surface area contributed by atoms with Crippen LogP contribution in [0.2, 0.25) is 0 Å². The molecule has 20 heavy (non-hydrogen) atoms. The Morgan fingerprint density at radius 3 is 2.70 bits per heavy atom. The molecule has 0 spiro atoms.